The first-order valence-electron chi connectivity index (χ1n) is 6.28. The van der Waals surface area contributed by atoms with Crippen LogP contribution < -0.4 is 0 Å². The van der Waals surface area contributed by atoms with Crippen LogP contribution in [0.4, 0.5) is 0 Å². The minimum absolute atomic E-state index is 0.940. The van der Waals surface area contributed by atoms with Crippen LogP contribution in [0.15, 0.2) is 6.58 Å². The van der Waals surface area contributed by atoms with Gasteiger partial charge in [-0.05, 0) is 25.3 Å². The molecule has 3 nitrogen and oxygen atoms in total. The lowest BCUT2D eigenvalue weighted by Gasteiger charge is -2.04. The van der Waals surface area contributed by atoms with Crippen LogP contribution in [0.3, 0.4) is 0 Å². The average molecular weight is 221 g/mol. The Kier molecular flexibility index (Phi) is 5.23. The maximum absolute atomic E-state index is 4.20. The Balaban J connectivity index is 2.55. The van der Waals surface area contributed by atoms with Crippen LogP contribution in [-0.4, -0.2) is 15.0 Å². The molecule has 0 aliphatic carbocycles. The van der Waals surface area contributed by atoms with Crippen molar-refractivity contribution in [2.24, 2.45) is 0 Å². The summed E-state index contributed by atoms with van der Waals surface area (Å²) >= 11 is 0. The number of rotatable bonds is 7. The van der Waals surface area contributed by atoms with Crippen molar-refractivity contribution >= 4 is 5.57 Å². The number of hydrogen-bond acceptors (Lipinski definition) is 2. The van der Waals surface area contributed by atoms with Crippen LogP contribution >= 0.6 is 0 Å². The minimum atomic E-state index is 0.940. The molecule has 0 N–H and O–H groups in total. The van der Waals surface area contributed by atoms with Gasteiger partial charge in [-0.15, -0.1) is 5.10 Å². The van der Waals surface area contributed by atoms with Crippen molar-refractivity contribution < 1.29 is 0 Å². The van der Waals surface area contributed by atoms with Crippen LogP contribution in [-0.2, 0) is 6.54 Å². The highest BCUT2D eigenvalue weighted by Gasteiger charge is 2.09. The van der Waals surface area contributed by atoms with E-state index < -0.39 is 0 Å². The molecule has 0 radical (unpaired) electrons. The molecule has 3 heteroatoms. The van der Waals surface area contributed by atoms with Gasteiger partial charge in [-0.25, -0.2) is 4.68 Å². The van der Waals surface area contributed by atoms with Crippen LogP contribution in [0.5, 0.6) is 0 Å². The van der Waals surface area contributed by atoms with Gasteiger partial charge in [-0.2, -0.15) is 0 Å². The second kappa shape index (κ2) is 6.46. The summed E-state index contributed by atoms with van der Waals surface area (Å²) in [5.41, 5.74) is 3.22. The van der Waals surface area contributed by atoms with Crippen molar-refractivity contribution in [3.05, 3.63) is 18.0 Å². The van der Waals surface area contributed by atoms with Gasteiger partial charge in [-0.1, -0.05) is 44.9 Å². The molecule has 90 valence electrons. The molecule has 0 unspecified atom stereocenters. The van der Waals surface area contributed by atoms with E-state index in [0.29, 0.717) is 0 Å². The summed E-state index contributed by atoms with van der Waals surface area (Å²) in [6, 6.07) is 0. The van der Waals surface area contributed by atoms with E-state index in [9.17, 15) is 0 Å². The summed E-state index contributed by atoms with van der Waals surface area (Å²) in [5, 5.41) is 8.39. The summed E-state index contributed by atoms with van der Waals surface area (Å²) < 4.78 is 2.01. The molecule has 0 aliphatic heterocycles. The SMILES string of the molecule is C=C(CC)c1nnn(CCCCCC)c1C. The Hall–Kier alpha value is -1.12. The Morgan fingerprint density at radius 2 is 2.00 bits per heavy atom. The van der Waals surface area contributed by atoms with E-state index in [1.807, 2.05) is 4.68 Å². The van der Waals surface area contributed by atoms with E-state index in [1.165, 1.54) is 25.7 Å². The largest absolute Gasteiger partial charge is 0.249 e. The molecule has 1 rings (SSSR count). The summed E-state index contributed by atoms with van der Waals surface area (Å²) in [5.74, 6) is 0. The molecule has 1 heterocycles. The Morgan fingerprint density at radius 3 is 2.62 bits per heavy atom. The van der Waals surface area contributed by atoms with Crippen molar-refractivity contribution in [2.75, 3.05) is 0 Å². The maximum Gasteiger partial charge on any atom is 0.111 e. The number of unbranched alkanes of at least 4 members (excludes halogenated alkanes) is 3. The first-order chi connectivity index (χ1) is 7.70. The monoisotopic (exact) mass is 221 g/mol. The zero-order valence-electron chi connectivity index (χ0n) is 10.8. The number of hydrogen-bond donors (Lipinski definition) is 0. The summed E-state index contributed by atoms with van der Waals surface area (Å²) in [6.07, 6.45) is 5.99. The summed E-state index contributed by atoms with van der Waals surface area (Å²) in [4.78, 5) is 0. The average Bonchev–Trinajstić information content (AvgIpc) is 2.65. The fourth-order valence-electron chi connectivity index (χ4n) is 1.76. The van der Waals surface area contributed by atoms with Crippen molar-refractivity contribution in [1.82, 2.24) is 15.0 Å². The zero-order chi connectivity index (χ0) is 12.0. The lowest BCUT2D eigenvalue weighted by atomic mass is 10.1. The molecule has 0 saturated carbocycles. The van der Waals surface area contributed by atoms with Gasteiger partial charge in [0.1, 0.15) is 5.69 Å². The van der Waals surface area contributed by atoms with E-state index in [1.54, 1.807) is 0 Å². The second-order valence-corrected chi connectivity index (χ2v) is 4.26. The molecular weight excluding hydrogens is 198 g/mol. The highest BCUT2D eigenvalue weighted by molar-refractivity contribution is 5.60. The minimum Gasteiger partial charge on any atom is -0.249 e. The Morgan fingerprint density at radius 1 is 1.25 bits per heavy atom. The first kappa shape index (κ1) is 12.9. The molecule has 0 amide bonds. The molecular formula is C13H23N3. The van der Waals surface area contributed by atoms with Gasteiger partial charge in [0.15, 0.2) is 0 Å². The van der Waals surface area contributed by atoms with Gasteiger partial charge in [0, 0.05) is 6.54 Å². The molecule has 0 atom stereocenters. The third-order valence-corrected chi connectivity index (χ3v) is 2.97. The smallest absolute Gasteiger partial charge is 0.111 e. The van der Waals surface area contributed by atoms with Crippen LogP contribution in [0.25, 0.3) is 5.57 Å². The number of aryl methyl sites for hydroxylation is 1. The van der Waals surface area contributed by atoms with E-state index in [-0.39, 0.29) is 0 Å². The van der Waals surface area contributed by atoms with Gasteiger partial charge in [0.2, 0.25) is 0 Å². The third-order valence-electron chi connectivity index (χ3n) is 2.97. The lowest BCUT2D eigenvalue weighted by molar-refractivity contribution is 0.519. The predicted octanol–water partition coefficient (Wildman–Crippen LogP) is 3.59. The van der Waals surface area contributed by atoms with Gasteiger partial charge >= 0.3 is 0 Å². The van der Waals surface area contributed by atoms with Crippen LogP contribution in [0.2, 0.25) is 0 Å². The van der Waals surface area contributed by atoms with E-state index >= 15 is 0 Å². The zero-order valence-corrected chi connectivity index (χ0v) is 10.8. The van der Waals surface area contributed by atoms with E-state index in [2.05, 4.69) is 37.7 Å². The lowest BCUT2D eigenvalue weighted by Crippen LogP contribution is -2.02. The molecule has 16 heavy (non-hydrogen) atoms. The quantitative estimate of drug-likeness (QED) is 0.659. The van der Waals surface area contributed by atoms with Crippen molar-refractivity contribution in [3.63, 3.8) is 0 Å². The van der Waals surface area contributed by atoms with Crippen LogP contribution in [0.1, 0.15) is 57.3 Å². The second-order valence-electron chi connectivity index (χ2n) is 4.26. The number of allylic oxidation sites excluding steroid dienone is 1. The third kappa shape index (κ3) is 3.19. The summed E-state index contributed by atoms with van der Waals surface area (Å²) in [7, 11) is 0. The Bertz CT molecular complexity index is 339. The van der Waals surface area contributed by atoms with E-state index in [0.717, 1.165) is 29.9 Å². The standard InChI is InChI=1S/C13H23N3/c1-5-7-8-9-10-16-12(4)13(14-15-16)11(3)6-2/h3,5-10H2,1-2,4H3. The van der Waals surface area contributed by atoms with E-state index in [4.69, 9.17) is 0 Å². The Labute approximate surface area is 98.6 Å². The van der Waals surface area contributed by atoms with Gasteiger partial charge in [0.25, 0.3) is 0 Å². The van der Waals surface area contributed by atoms with Crippen molar-refractivity contribution in [1.29, 1.82) is 0 Å². The predicted molar refractivity (Wildman–Crippen MR) is 68.2 cm³/mol. The fraction of sp³-hybridized carbons (Fsp3) is 0.692. The van der Waals surface area contributed by atoms with Crippen molar-refractivity contribution in [2.45, 2.75) is 59.4 Å². The maximum atomic E-state index is 4.20. The fourth-order valence-corrected chi connectivity index (χ4v) is 1.76. The topological polar surface area (TPSA) is 30.7 Å². The molecule has 0 aromatic carbocycles. The molecule has 1 aromatic rings. The molecule has 0 fully saturated rings. The van der Waals surface area contributed by atoms with Gasteiger partial charge in [0.05, 0.1) is 5.69 Å². The highest BCUT2D eigenvalue weighted by atomic mass is 15.4. The number of aromatic nitrogens is 3. The van der Waals surface area contributed by atoms with Crippen molar-refractivity contribution in [3.8, 4) is 0 Å². The highest BCUT2D eigenvalue weighted by Crippen LogP contribution is 2.17. The molecule has 0 spiro atoms. The number of nitrogens with zero attached hydrogens (tertiary/aromatic N) is 3. The summed E-state index contributed by atoms with van der Waals surface area (Å²) in [6.45, 7) is 11.4. The molecule has 0 saturated heterocycles. The van der Waals surface area contributed by atoms with Crippen LogP contribution in [0, 0.1) is 6.92 Å². The molecule has 0 bridgehead atoms. The van der Waals surface area contributed by atoms with Gasteiger partial charge in [-0.3, -0.25) is 0 Å². The first-order valence-corrected chi connectivity index (χ1v) is 6.28. The molecule has 0 aliphatic rings. The molecule has 1 aromatic heterocycles. The van der Waals surface area contributed by atoms with Gasteiger partial charge < -0.3 is 0 Å². The normalized spacial score (nSPS) is 10.7.